The van der Waals surface area contributed by atoms with Crippen LogP contribution in [-0.2, 0) is 22.1 Å². The molecule has 60 valence electrons. The van der Waals surface area contributed by atoms with Crippen LogP contribution in [0.1, 0.15) is 18.1 Å². The molecule has 12 heavy (non-hydrogen) atoms. The molecule has 0 atom stereocenters. The van der Waals surface area contributed by atoms with Crippen molar-refractivity contribution >= 4 is 6.08 Å². The Kier molecular flexibility index (Phi) is 4.25. The second kappa shape index (κ2) is 5.27. The van der Waals surface area contributed by atoms with Crippen LogP contribution < -0.4 is 0 Å². The quantitative estimate of drug-likeness (QED) is 0.670. The summed E-state index contributed by atoms with van der Waals surface area (Å²) in [5, 5.41) is 2.84. The summed E-state index contributed by atoms with van der Waals surface area (Å²) in [7, 11) is 0. The summed E-state index contributed by atoms with van der Waals surface area (Å²) in [6.07, 6.45) is 1.89. The monoisotopic (exact) mass is 210 g/mol. The first kappa shape index (κ1) is 9.67. The van der Waals surface area contributed by atoms with Gasteiger partial charge in [-0.05, 0) is 0 Å². The van der Waals surface area contributed by atoms with Gasteiger partial charge in [0.05, 0.1) is 0 Å². The zero-order chi connectivity index (χ0) is 8.81. The van der Waals surface area contributed by atoms with Gasteiger partial charge in [-0.15, -0.1) is 0 Å². The van der Waals surface area contributed by atoms with Crippen molar-refractivity contribution < 1.29 is 17.1 Å². The van der Waals surface area contributed by atoms with Crippen LogP contribution in [0.5, 0.6) is 0 Å². The van der Waals surface area contributed by atoms with Crippen molar-refractivity contribution in [1.82, 2.24) is 0 Å². The Morgan fingerprint density at radius 2 is 2.00 bits per heavy atom. The molecule has 0 spiro atoms. The van der Waals surface area contributed by atoms with Gasteiger partial charge in [0.25, 0.3) is 0 Å². The Labute approximate surface area is 82.3 Å². The molecular formula is C11H14Zn. The maximum atomic E-state index is 3.73. The molecule has 0 bridgehead atoms. The molecule has 0 radical (unpaired) electrons. The Bertz CT molecular complexity index is 236. The normalized spacial score (nSPS) is 9.08. The van der Waals surface area contributed by atoms with Gasteiger partial charge in [0.15, 0.2) is 0 Å². The van der Waals surface area contributed by atoms with E-state index < -0.39 is 0 Å². The number of benzene rings is 1. The average Bonchev–Trinajstić information content (AvgIpc) is 2.15. The van der Waals surface area contributed by atoms with Crippen LogP contribution in [0.15, 0.2) is 30.8 Å². The van der Waals surface area contributed by atoms with Gasteiger partial charge in [-0.3, -0.25) is 0 Å². The van der Waals surface area contributed by atoms with Gasteiger partial charge >= 0.3 is 82.1 Å². The summed E-state index contributed by atoms with van der Waals surface area (Å²) in [5.41, 5.74) is 2.74. The van der Waals surface area contributed by atoms with E-state index in [4.69, 9.17) is 0 Å². The molecule has 0 nitrogen and oxygen atoms in total. The molecule has 0 fully saturated rings. The van der Waals surface area contributed by atoms with Gasteiger partial charge in [-0.25, -0.2) is 0 Å². The molecule has 0 amide bonds. The maximum absolute atomic E-state index is 3.73. The SMILES string of the molecule is C=Cc1ccc([CH2][Zn][CH2]C)cc1. The fourth-order valence-electron chi connectivity index (χ4n) is 1.20. The second-order valence-corrected chi connectivity index (χ2v) is 7.68. The zero-order valence-corrected chi connectivity index (χ0v) is 10.7. The summed E-state index contributed by atoms with van der Waals surface area (Å²) in [4.78, 5) is 0. The molecule has 0 N–H and O–H groups in total. The predicted molar refractivity (Wildman–Crippen MR) is 50.7 cm³/mol. The van der Waals surface area contributed by atoms with Crippen LogP contribution in [0.3, 0.4) is 0 Å². The fourth-order valence-corrected chi connectivity index (χ4v) is 3.50. The van der Waals surface area contributed by atoms with Gasteiger partial charge in [-0.1, -0.05) is 0 Å². The summed E-state index contributed by atoms with van der Waals surface area (Å²) in [6.45, 7) is 6.04. The molecule has 0 saturated heterocycles. The number of rotatable bonds is 4. The van der Waals surface area contributed by atoms with Crippen molar-refractivity contribution in [1.29, 1.82) is 0 Å². The molecule has 1 rings (SSSR count). The standard InChI is InChI=1S/C9H9.C2H5.Zn/c1-3-9-6-4-8(2)5-7-9;1-2;/h3-7H,1-2H2;1H2,2H3;. The van der Waals surface area contributed by atoms with Crippen molar-refractivity contribution in [2.45, 2.75) is 17.0 Å². The molecule has 1 aromatic rings. The Morgan fingerprint density at radius 3 is 2.50 bits per heavy atom. The molecule has 0 aliphatic carbocycles. The van der Waals surface area contributed by atoms with Crippen LogP contribution in [-0.4, -0.2) is 0 Å². The summed E-state index contributed by atoms with van der Waals surface area (Å²) in [6, 6.07) is 8.77. The Morgan fingerprint density at radius 1 is 1.33 bits per heavy atom. The minimum absolute atomic E-state index is 0.208. The first-order chi connectivity index (χ1) is 5.86. The van der Waals surface area contributed by atoms with Crippen molar-refractivity contribution in [2.24, 2.45) is 0 Å². The molecule has 1 aromatic carbocycles. The van der Waals surface area contributed by atoms with E-state index in [1.54, 1.807) is 0 Å². The van der Waals surface area contributed by atoms with Crippen LogP contribution in [0, 0.1) is 0 Å². The Hall–Kier alpha value is -0.417. The second-order valence-electron chi connectivity index (χ2n) is 3.05. The molecule has 0 saturated carbocycles. The van der Waals surface area contributed by atoms with Gasteiger partial charge < -0.3 is 0 Å². The Balaban J connectivity index is 2.58. The number of hydrogen-bond donors (Lipinski definition) is 0. The molecule has 0 aliphatic heterocycles. The van der Waals surface area contributed by atoms with E-state index in [9.17, 15) is 0 Å². The van der Waals surface area contributed by atoms with E-state index in [-0.39, 0.29) is 17.1 Å². The topological polar surface area (TPSA) is 0 Å². The number of hydrogen-bond acceptors (Lipinski definition) is 0. The third-order valence-electron chi connectivity index (χ3n) is 2.03. The van der Waals surface area contributed by atoms with Crippen LogP contribution in [0.25, 0.3) is 6.08 Å². The molecule has 0 aromatic heterocycles. The minimum atomic E-state index is -0.208. The molecule has 0 unspecified atom stereocenters. The van der Waals surface area contributed by atoms with Crippen molar-refractivity contribution in [3.8, 4) is 0 Å². The van der Waals surface area contributed by atoms with Crippen molar-refractivity contribution in [2.75, 3.05) is 0 Å². The van der Waals surface area contributed by atoms with Crippen LogP contribution in [0.4, 0.5) is 0 Å². The third-order valence-corrected chi connectivity index (χ3v) is 5.47. The first-order valence-electron chi connectivity index (χ1n) is 4.58. The van der Waals surface area contributed by atoms with Gasteiger partial charge in [0.2, 0.25) is 0 Å². The first-order valence-corrected chi connectivity index (χ1v) is 8.78. The van der Waals surface area contributed by atoms with E-state index in [0.717, 1.165) is 0 Å². The van der Waals surface area contributed by atoms with E-state index >= 15 is 0 Å². The predicted octanol–water partition coefficient (Wildman–Crippen LogP) is 3.35. The zero-order valence-electron chi connectivity index (χ0n) is 7.72. The average molecular weight is 212 g/mol. The molecule has 0 heterocycles. The van der Waals surface area contributed by atoms with Crippen LogP contribution in [0.2, 0.25) is 5.02 Å². The van der Waals surface area contributed by atoms with E-state index in [1.165, 1.54) is 21.2 Å². The van der Waals surface area contributed by atoms with Crippen molar-refractivity contribution in [3.05, 3.63) is 42.0 Å². The van der Waals surface area contributed by atoms with Gasteiger partial charge in [0.1, 0.15) is 0 Å². The van der Waals surface area contributed by atoms with Gasteiger partial charge in [-0.2, -0.15) is 0 Å². The van der Waals surface area contributed by atoms with Crippen LogP contribution >= 0.6 is 0 Å². The molecule has 1 heteroatoms. The summed E-state index contributed by atoms with van der Waals surface area (Å²) >= 11 is -0.208. The third kappa shape index (κ3) is 2.91. The van der Waals surface area contributed by atoms with E-state index in [1.807, 2.05) is 6.08 Å². The molecular weight excluding hydrogens is 198 g/mol. The summed E-state index contributed by atoms with van der Waals surface area (Å²) < 4.78 is 0. The summed E-state index contributed by atoms with van der Waals surface area (Å²) in [5.74, 6) is 0. The van der Waals surface area contributed by atoms with E-state index in [0.29, 0.717) is 0 Å². The molecule has 0 aliphatic rings. The van der Waals surface area contributed by atoms with Gasteiger partial charge in [0, 0.05) is 0 Å². The van der Waals surface area contributed by atoms with Crippen molar-refractivity contribution in [3.63, 3.8) is 0 Å². The van der Waals surface area contributed by atoms with E-state index in [2.05, 4.69) is 37.8 Å². The fraction of sp³-hybridized carbons (Fsp3) is 0.273.